The van der Waals surface area contributed by atoms with Crippen molar-refractivity contribution in [3.63, 3.8) is 0 Å². The summed E-state index contributed by atoms with van der Waals surface area (Å²) in [6.07, 6.45) is 1.38. The molecule has 0 N–H and O–H groups in total. The number of halogens is 5. The first-order chi connectivity index (χ1) is 11.2. The molecule has 0 bridgehead atoms. The van der Waals surface area contributed by atoms with Crippen molar-refractivity contribution in [2.75, 3.05) is 0 Å². The van der Waals surface area contributed by atoms with Crippen LogP contribution in [0.25, 0.3) is 0 Å². The molecule has 3 amide bonds. The molecule has 1 aromatic carbocycles. The van der Waals surface area contributed by atoms with Crippen LogP contribution in [-0.4, -0.2) is 32.3 Å². The van der Waals surface area contributed by atoms with Gasteiger partial charge in [0.2, 0.25) is 11.8 Å². The Morgan fingerprint density at radius 1 is 1.04 bits per heavy atom. The van der Waals surface area contributed by atoms with Gasteiger partial charge in [0.15, 0.2) is 0 Å². The van der Waals surface area contributed by atoms with E-state index in [0.29, 0.717) is 19.8 Å². The fourth-order valence-corrected chi connectivity index (χ4v) is 6.24. The fourth-order valence-electron chi connectivity index (χ4n) is 3.17. The van der Waals surface area contributed by atoms with Gasteiger partial charge in [-0.25, -0.2) is 4.90 Å². The number of hydrogen-bond donors (Lipinski definition) is 0. The van der Waals surface area contributed by atoms with E-state index >= 15 is 0 Å². The molecule has 1 aliphatic carbocycles. The van der Waals surface area contributed by atoms with Crippen LogP contribution in [0.5, 0.6) is 0 Å². The van der Waals surface area contributed by atoms with E-state index in [4.69, 9.17) is 0 Å². The molecule has 1 aromatic rings. The lowest BCUT2D eigenvalue weighted by Crippen LogP contribution is -2.39. The van der Waals surface area contributed by atoms with Crippen LogP contribution >= 0.6 is 79.6 Å². The number of fused-ring (bicyclic) bond motifs is 1. The second-order valence-electron chi connectivity index (χ2n) is 5.74. The Morgan fingerprint density at radius 3 is 2.38 bits per heavy atom. The summed E-state index contributed by atoms with van der Waals surface area (Å²) in [4.78, 5) is 39.2. The van der Waals surface area contributed by atoms with E-state index in [0.717, 1.165) is 11.3 Å². The molecule has 9 heteroatoms. The summed E-state index contributed by atoms with van der Waals surface area (Å²) in [5.74, 6) is -2.37. The van der Waals surface area contributed by atoms with Gasteiger partial charge in [-0.1, -0.05) is 47.8 Å². The molecule has 1 saturated carbocycles. The van der Waals surface area contributed by atoms with E-state index < -0.39 is 29.6 Å². The Balaban J connectivity index is 2.00. The highest BCUT2D eigenvalue weighted by Crippen LogP contribution is 2.44. The Kier molecular flexibility index (Phi) is 5.77. The van der Waals surface area contributed by atoms with Crippen LogP contribution in [0.1, 0.15) is 23.2 Å². The van der Waals surface area contributed by atoms with Crippen molar-refractivity contribution in [3.8, 4) is 0 Å². The van der Waals surface area contributed by atoms with Crippen LogP contribution < -0.4 is 0 Å². The molecule has 1 aliphatic heterocycles. The number of benzene rings is 1. The van der Waals surface area contributed by atoms with Crippen molar-refractivity contribution in [2.24, 2.45) is 11.8 Å². The van der Waals surface area contributed by atoms with Crippen LogP contribution in [0.3, 0.4) is 0 Å². The van der Waals surface area contributed by atoms with Gasteiger partial charge in [0.1, 0.15) is 0 Å². The number of rotatable bonds is 1. The maximum Gasteiger partial charge on any atom is 0.268 e. The number of carbonyl (C=O) groups is 3. The quantitative estimate of drug-likeness (QED) is 0.243. The van der Waals surface area contributed by atoms with E-state index in [9.17, 15) is 14.4 Å². The average molecular weight is 652 g/mol. The highest BCUT2D eigenvalue weighted by atomic mass is 79.9. The number of alkyl halides is 2. The summed E-state index contributed by atoms with van der Waals surface area (Å²) < 4.78 is 1.85. The van der Waals surface area contributed by atoms with E-state index in [2.05, 4.69) is 79.6 Å². The molecule has 2 fully saturated rings. The maximum atomic E-state index is 12.9. The number of carbonyl (C=O) groups excluding carboxylic acids is 3. The zero-order valence-electron chi connectivity index (χ0n) is 11.9. The van der Waals surface area contributed by atoms with Crippen molar-refractivity contribution in [1.82, 2.24) is 4.90 Å². The molecule has 128 valence electrons. The second-order valence-corrected chi connectivity index (χ2v) is 10.5. The van der Waals surface area contributed by atoms with Gasteiger partial charge in [-0.3, -0.25) is 14.4 Å². The molecule has 0 spiro atoms. The Bertz CT molecular complexity index is 753. The van der Waals surface area contributed by atoms with Crippen LogP contribution in [-0.2, 0) is 9.59 Å². The Hall–Kier alpha value is 0.430. The van der Waals surface area contributed by atoms with E-state index in [1.54, 1.807) is 12.1 Å². The van der Waals surface area contributed by atoms with Crippen LogP contribution in [0.4, 0.5) is 0 Å². The molecule has 4 unspecified atom stereocenters. The van der Waals surface area contributed by atoms with Gasteiger partial charge in [-0.05, 0) is 56.8 Å². The molecular weight excluding hydrogens is 642 g/mol. The summed E-state index contributed by atoms with van der Waals surface area (Å²) in [6, 6.07) is 3.37. The third-order valence-corrected chi connectivity index (χ3v) is 9.76. The van der Waals surface area contributed by atoms with Gasteiger partial charge in [0, 0.05) is 23.1 Å². The number of amides is 3. The molecular formula is C15H10Br5NO3. The highest BCUT2D eigenvalue weighted by molar-refractivity contribution is 9.13. The normalized spacial score (nSPS) is 29.8. The third-order valence-electron chi connectivity index (χ3n) is 4.35. The first-order valence-electron chi connectivity index (χ1n) is 7.09. The molecule has 0 radical (unpaired) electrons. The molecule has 1 heterocycles. The second kappa shape index (κ2) is 7.21. The predicted molar refractivity (Wildman–Crippen MR) is 107 cm³/mol. The first kappa shape index (κ1) is 19.2. The van der Waals surface area contributed by atoms with Gasteiger partial charge in [0.05, 0.1) is 17.4 Å². The number of likely N-dealkylation sites (tertiary alicyclic amines) is 1. The lowest BCUT2D eigenvalue weighted by molar-refractivity contribution is -0.136. The zero-order valence-corrected chi connectivity index (χ0v) is 19.9. The molecule has 0 aromatic heterocycles. The monoisotopic (exact) mass is 647 g/mol. The summed E-state index contributed by atoms with van der Waals surface area (Å²) >= 11 is 17.1. The van der Waals surface area contributed by atoms with Crippen molar-refractivity contribution in [3.05, 3.63) is 31.1 Å². The van der Waals surface area contributed by atoms with Gasteiger partial charge in [-0.15, -0.1) is 0 Å². The van der Waals surface area contributed by atoms with Gasteiger partial charge in [-0.2, -0.15) is 0 Å². The largest absolute Gasteiger partial charge is 0.274 e. The van der Waals surface area contributed by atoms with Gasteiger partial charge < -0.3 is 0 Å². The maximum absolute atomic E-state index is 12.9. The van der Waals surface area contributed by atoms with Crippen LogP contribution in [0.15, 0.2) is 25.6 Å². The summed E-state index contributed by atoms with van der Waals surface area (Å²) in [5.41, 5.74) is 0.262. The lowest BCUT2D eigenvalue weighted by atomic mass is 9.81. The van der Waals surface area contributed by atoms with Crippen molar-refractivity contribution < 1.29 is 14.4 Å². The first-order valence-corrected chi connectivity index (χ1v) is 11.3. The minimum atomic E-state index is -0.598. The number of imide groups is 3. The standard InChI is InChI=1S/C15H10Br5NO3/c16-5-3-7(11(19)9(18)4-5)14(23)21-13(22)6-1-2-8(17)12(20)10(6)15(21)24/h3-4,6,8,10,12H,1-2H2. The van der Waals surface area contributed by atoms with Crippen molar-refractivity contribution in [1.29, 1.82) is 0 Å². The summed E-state index contributed by atoms with van der Waals surface area (Å²) in [5, 5.41) is 0. The summed E-state index contributed by atoms with van der Waals surface area (Å²) in [6.45, 7) is 0. The number of nitrogens with zero attached hydrogens (tertiary/aromatic N) is 1. The average Bonchev–Trinajstić information content (AvgIpc) is 2.77. The van der Waals surface area contributed by atoms with Crippen molar-refractivity contribution in [2.45, 2.75) is 22.5 Å². The molecule has 4 nitrogen and oxygen atoms in total. The topological polar surface area (TPSA) is 54.5 Å². The number of hydrogen-bond acceptors (Lipinski definition) is 3. The molecule has 24 heavy (non-hydrogen) atoms. The Labute approximate surface area is 180 Å². The van der Waals surface area contributed by atoms with Crippen LogP contribution in [0.2, 0.25) is 0 Å². The van der Waals surface area contributed by atoms with Crippen molar-refractivity contribution >= 4 is 97.4 Å². The SMILES string of the molecule is O=C(c1cc(Br)cc(Br)c1Br)N1C(=O)C2CCC(Br)C(Br)C2C1=O. The molecule has 3 rings (SSSR count). The van der Waals surface area contributed by atoms with E-state index in [1.807, 2.05) is 0 Å². The van der Waals surface area contributed by atoms with E-state index in [-0.39, 0.29) is 15.2 Å². The van der Waals surface area contributed by atoms with Gasteiger partial charge in [0.25, 0.3) is 5.91 Å². The Morgan fingerprint density at radius 2 is 1.71 bits per heavy atom. The minimum absolute atomic E-state index is 0.109. The molecule has 4 atom stereocenters. The fraction of sp³-hybridized carbons (Fsp3) is 0.400. The predicted octanol–water partition coefficient (Wildman–Crippen LogP) is 5.04. The third kappa shape index (κ3) is 3.12. The zero-order chi connectivity index (χ0) is 17.8. The molecule has 1 saturated heterocycles. The van der Waals surface area contributed by atoms with E-state index in [1.165, 1.54) is 0 Å². The minimum Gasteiger partial charge on any atom is -0.274 e. The summed E-state index contributed by atoms with van der Waals surface area (Å²) in [7, 11) is 0. The van der Waals surface area contributed by atoms with Gasteiger partial charge >= 0.3 is 0 Å². The molecule has 2 aliphatic rings. The highest BCUT2D eigenvalue weighted by Gasteiger charge is 2.56. The van der Waals surface area contributed by atoms with Crippen LogP contribution in [0, 0.1) is 11.8 Å². The smallest absolute Gasteiger partial charge is 0.268 e. The lowest BCUT2D eigenvalue weighted by Gasteiger charge is -2.30.